The number of benzene rings is 3. The van der Waals surface area contributed by atoms with Gasteiger partial charge in [0.25, 0.3) is 5.91 Å². The first-order valence-corrected chi connectivity index (χ1v) is 15.3. The molecule has 0 aliphatic heterocycles. The van der Waals surface area contributed by atoms with Crippen LogP contribution in [0.4, 0.5) is 5.13 Å². The minimum absolute atomic E-state index is 0.0301. The van der Waals surface area contributed by atoms with Crippen molar-refractivity contribution in [3.05, 3.63) is 89.0 Å². The summed E-state index contributed by atoms with van der Waals surface area (Å²) in [6.45, 7) is 4.45. The van der Waals surface area contributed by atoms with Crippen LogP contribution >= 0.6 is 11.3 Å². The third-order valence-electron chi connectivity index (χ3n) is 7.35. The fourth-order valence-corrected chi connectivity index (χ4v) is 7.75. The molecule has 38 heavy (non-hydrogen) atoms. The number of hydrogen-bond acceptors (Lipinski definition) is 5. The number of nitrogens with zero attached hydrogens (tertiary/aromatic N) is 3. The molecule has 0 radical (unpaired) electrons. The first-order chi connectivity index (χ1) is 18.2. The van der Waals surface area contributed by atoms with E-state index in [2.05, 4.69) is 19.1 Å². The first-order valence-electron chi connectivity index (χ1n) is 13.1. The zero-order valence-electron chi connectivity index (χ0n) is 22.1. The monoisotopic (exact) mass is 547 g/mol. The molecule has 0 spiro atoms. The smallest absolute Gasteiger partial charge is 0.260 e. The van der Waals surface area contributed by atoms with Crippen LogP contribution in [0.3, 0.4) is 0 Å². The molecule has 1 aliphatic rings. The molecule has 1 aromatic heterocycles. The number of aromatic nitrogens is 1. The van der Waals surface area contributed by atoms with Crippen LogP contribution < -0.4 is 4.90 Å². The summed E-state index contributed by atoms with van der Waals surface area (Å²) in [5.41, 5.74) is 4.54. The molecule has 0 N–H and O–H groups in total. The molecule has 0 unspecified atom stereocenters. The van der Waals surface area contributed by atoms with Crippen molar-refractivity contribution < 1.29 is 13.2 Å². The van der Waals surface area contributed by atoms with Crippen LogP contribution in [0.2, 0.25) is 0 Å². The topological polar surface area (TPSA) is 70.6 Å². The van der Waals surface area contributed by atoms with Gasteiger partial charge in [-0.25, -0.2) is 13.4 Å². The average Bonchev–Trinajstić information content (AvgIpc) is 3.36. The molecule has 1 aliphatic carbocycles. The van der Waals surface area contributed by atoms with Gasteiger partial charge >= 0.3 is 0 Å². The van der Waals surface area contributed by atoms with E-state index in [1.54, 1.807) is 36.2 Å². The summed E-state index contributed by atoms with van der Waals surface area (Å²) in [5, 5.41) is 0.622. The summed E-state index contributed by atoms with van der Waals surface area (Å²) in [6.07, 6.45) is 5.05. The number of rotatable bonds is 7. The highest BCUT2D eigenvalue weighted by molar-refractivity contribution is 7.89. The summed E-state index contributed by atoms with van der Waals surface area (Å²) in [5.74, 6) is -0.216. The van der Waals surface area contributed by atoms with Crippen LogP contribution in [0, 0.1) is 13.8 Å². The first kappa shape index (κ1) is 26.5. The van der Waals surface area contributed by atoms with Crippen LogP contribution in [0.1, 0.15) is 59.2 Å². The summed E-state index contributed by atoms with van der Waals surface area (Å²) < 4.78 is 29.1. The minimum Gasteiger partial charge on any atom is -0.279 e. The number of thiazole rings is 1. The van der Waals surface area contributed by atoms with Crippen molar-refractivity contribution in [3.63, 3.8) is 0 Å². The molecule has 1 fully saturated rings. The molecule has 1 saturated carbocycles. The Labute approximate surface area is 229 Å². The SMILES string of the molecule is Cc1cc(C)c2nc(N(Cc3ccccc3)C(=O)c3ccc(S(=O)(=O)N(C)C4CCCCC4)cc3)sc2c1. The van der Waals surface area contributed by atoms with Gasteiger partial charge in [0.2, 0.25) is 10.0 Å². The maximum Gasteiger partial charge on any atom is 0.260 e. The molecule has 1 amide bonds. The predicted molar refractivity (Wildman–Crippen MR) is 154 cm³/mol. The Morgan fingerprint density at radius 3 is 2.34 bits per heavy atom. The number of carbonyl (C=O) groups excluding carboxylic acids is 1. The molecule has 4 aromatic rings. The van der Waals surface area contributed by atoms with E-state index >= 15 is 0 Å². The van der Waals surface area contributed by atoms with E-state index in [1.165, 1.54) is 15.6 Å². The zero-order chi connectivity index (χ0) is 26.9. The summed E-state index contributed by atoms with van der Waals surface area (Å²) in [4.78, 5) is 20.6. The second-order valence-electron chi connectivity index (χ2n) is 10.1. The fraction of sp³-hybridized carbons (Fsp3) is 0.333. The van der Waals surface area contributed by atoms with Gasteiger partial charge in [0, 0.05) is 18.7 Å². The Kier molecular flexibility index (Phi) is 7.66. The van der Waals surface area contributed by atoms with Crippen LogP contribution in [0.15, 0.2) is 71.6 Å². The second-order valence-corrected chi connectivity index (χ2v) is 13.1. The van der Waals surface area contributed by atoms with Crippen molar-refractivity contribution in [2.45, 2.75) is 63.4 Å². The zero-order valence-corrected chi connectivity index (χ0v) is 23.7. The van der Waals surface area contributed by atoms with Gasteiger partial charge < -0.3 is 0 Å². The van der Waals surface area contributed by atoms with Crippen molar-refractivity contribution in [1.82, 2.24) is 9.29 Å². The van der Waals surface area contributed by atoms with E-state index < -0.39 is 10.0 Å². The van der Waals surface area contributed by atoms with Gasteiger partial charge in [-0.1, -0.05) is 67.0 Å². The van der Waals surface area contributed by atoms with Crippen molar-refractivity contribution in [1.29, 1.82) is 0 Å². The van der Waals surface area contributed by atoms with Crippen molar-refractivity contribution >= 4 is 42.6 Å². The van der Waals surface area contributed by atoms with Crippen LogP contribution in [0.25, 0.3) is 10.2 Å². The number of anilines is 1. The van der Waals surface area contributed by atoms with Crippen molar-refractivity contribution in [3.8, 4) is 0 Å². The predicted octanol–water partition coefficient (Wildman–Crippen LogP) is 6.71. The molecular weight excluding hydrogens is 514 g/mol. The molecule has 3 aromatic carbocycles. The minimum atomic E-state index is -3.63. The summed E-state index contributed by atoms with van der Waals surface area (Å²) >= 11 is 1.49. The molecule has 0 saturated heterocycles. The van der Waals surface area contributed by atoms with Gasteiger partial charge in [-0.15, -0.1) is 0 Å². The van der Waals surface area contributed by atoms with E-state index in [1.807, 2.05) is 37.3 Å². The maximum absolute atomic E-state index is 13.9. The quantitative estimate of drug-likeness (QED) is 0.258. The number of amides is 1. The Balaban J connectivity index is 1.46. The highest BCUT2D eigenvalue weighted by Crippen LogP contribution is 2.33. The Morgan fingerprint density at radius 2 is 1.66 bits per heavy atom. The molecule has 0 bridgehead atoms. The normalized spacial score (nSPS) is 14.7. The summed E-state index contributed by atoms with van der Waals surface area (Å²) in [6, 6.07) is 20.4. The molecule has 6 nitrogen and oxygen atoms in total. The van der Waals surface area contributed by atoms with Crippen LogP contribution in [0.5, 0.6) is 0 Å². The van der Waals surface area contributed by atoms with Gasteiger partial charge in [-0.3, -0.25) is 9.69 Å². The standard InChI is InChI=1S/C30H33N3O3S2/c1-21-18-22(2)28-27(19-21)37-30(31-28)33(20-23-10-6-4-7-11-23)29(34)24-14-16-26(17-15-24)38(35,36)32(3)25-12-8-5-9-13-25/h4,6-7,10-11,14-19,25H,5,8-9,12-13,20H2,1-3H3. The lowest BCUT2D eigenvalue weighted by Crippen LogP contribution is -2.38. The third kappa shape index (κ3) is 5.39. The van der Waals surface area contributed by atoms with Crippen molar-refractivity contribution in [2.24, 2.45) is 0 Å². The number of aryl methyl sites for hydroxylation is 2. The van der Waals surface area contributed by atoms with E-state index in [0.29, 0.717) is 17.2 Å². The lowest BCUT2D eigenvalue weighted by atomic mass is 9.96. The molecule has 8 heteroatoms. The number of carbonyl (C=O) groups is 1. The Morgan fingerprint density at radius 1 is 0.974 bits per heavy atom. The van der Waals surface area contributed by atoms with Gasteiger partial charge in [-0.05, 0) is 73.7 Å². The Bertz CT molecular complexity index is 1540. The number of hydrogen-bond donors (Lipinski definition) is 0. The Hall–Kier alpha value is -3.07. The van der Waals surface area contributed by atoms with E-state index in [9.17, 15) is 13.2 Å². The van der Waals surface area contributed by atoms with E-state index in [4.69, 9.17) is 4.98 Å². The lowest BCUT2D eigenvalue weighted by Gasteiger charge is -2.30. The lowest BCUT2D eigenvalue weighted by molar-refractivity contribution is 0.0985. The van der Waals surface area contributed by atoms with Crippen LogP contribution in [-0.4, -0.2) is 36.7 Å². The highest BCUT2D eigenvalue weighted by atomic mass is 32.2. The van der Waals surface area contributed by atoms with E-state index in [-0.39, 0.29) is 16.8 Å². The molecular formula is C30H33N3O3S2. The van der Waals surface area contributed by atoms with Crippen LogP contribution in [-0.2, 0) is 16.6 Å². The second kappa shape index (κ2) is 11.0. The van der Waals surface area contributed by atoms with Gasteiger partial charge in [0.1, 0.15) is 0 Å². The molecule has 5 rings (SSSR count). The average molecular weight is 548 g/mol. The summed E-state index contributed by atoms with van der Waals surface area (Å²) in [7, 11) is -1.96. The number of fused-ring (bicyclic) bond motifs is 1. The third-order valence-corrected chi connectivity index (χ3v) is 10.3. The molecule has 198 valence electrons. The van der Waals surface area contributed by atoms with Gasteiger partial charge in [-0.2, -0.15) is 4.31 Å². The largest absolute Gasteiger partial charge is 0.279 e. The molecule has 0 atom stereocenters. The van der Waals surface area contributed by atoms with Gasteiger partial charge in [0.05, 0.1) is 21.7 Å². The maximum atomic E-state index is 13.9. The van der Waals surface area contributed by atoms with Gasteiger partial charge in [0.15, 0.2) is 5.13 Å². The number of sulfonamides is 1. The molecule has 1 heterocycles. The van der Waals surface area contributed by atoms with Crippen molar-refractivity contribution in [2.75, 3.05) is 11.9 Å². The highest BCUT2D eigenvalue weighted by Gasteiger charge is 2.29. The fourth-order valence-electron chi connectivity index (χ4n) is 5.20. The van der Waals surface area contributed by atoms with E-state index in [0.717, 1.165) is 59.0 Å².